The van der Waals surface area contributed by atoms with Gasteiger partial charge in [0.25, 0.3) is 0 Å². The SMILES string of the molecule is NCC1CN(c2ccc(C3C=CS(=O)(=O)CC3)cc2)C(=O)O1. The summed E-state index contributed by atoms with van der Waals surface area (Å²) in [5.41, 5.74) is 7.32. The molecule has 0 radical (unpaired) electrons. The van der Waals surface area contributed by atoms with Crippen LogP contribution in [0.3, 0.4) is 0 Å². The van der Waals surface area contributed by atoms with Crippen molar-refractivity contribution in [1.29, 1.82) is 0 Å². The van der Waals surface area contributed by atoms with Crippen LogP contribution in [0.5, 0.6) is 0 Å². The van der Waals surface area contributed by atoms with E-state index in [1.807, 2.05) is 24.3 Å². The number of rotatable bonds is 3. The number of nitrogens with two attached hydrogens (primary N) is 1. The fourth-order valence-corrected chi connectivity index (χ4v) is 3.85. The molecule has 3 rings (SSSR count). The zero-order valence-corrected chi connectivity index (χ0v) is 12.8. The second-order valence-corrected chi connectivity index (χ2v) is 7.54. The van der Waals surface area contributed by atoms with Gasteiger partial charge in [0.2, 0.25) is 0 Å². The van der Waals surface area contributed by atoms with Gasteiger partial charge in [-0.3, -0.25) is 4.90 Å². The number of carbonyl (C=O) groups is 1. The van der Waals surface area contributed by atoms with Crippen LogP contribution in [-0.4, -0.2) is 39.5 Å². The fourth-order valence-electron chi connectivity index (χ4n) is 2.70. The number of hydrogen-bond acceptors (Lipinski definition) is 5. The van der Waals surface area contributed by atoms with Gasteiger partial charge in [0.1, 0.15) is 6.10 Å². The summed E-state index contributed by atoms with van der Waals surface area (Å²) in [5, 5.41) is 1.29. The number of hydrogen-bond donors (Lipinski definition) is 1. The van der Waals surface area contributed by atoms with Gasteiger partial charge in [-0.25, -0.2) is 13.2 Å². The third-order valence-corrected chi connectivity index (χ3v) is 5.38. The third kappa shape index (κ3) is 3.00. The highest BCUT2D eigenvalue weighted by Gasteiger charge is 2.31. The van der Waals surface area contributed by atoms with Crippen molar-refractivity contribution in [3.05, 3.63) is 41.3 Å². The van der Waals surface area contributed by atoms with Gasteiger partial charge in [-0.05, 0) is 24.1 Å². The number of ether oxygens (including phenoxy) is 1. The first-order valence-corrected chi connectivity index (χ1v) is 8.89. The van der Waals surface area contributed by atoms with Gasteiger partial charge in [-0.15, -0.1) is 0 Å². The third-order valence-electron chi connectivity index (χ3n) is 4.00. The molecule has 0 spiro atoms. The van der Waals surface area contributed by atoms with Gasteiger partial charge >= 0.3 is 6.09 Å². The van der Waals surface area contributed by atoms with Crippen molar-refractivity contribution < 1.29 is 17.9 Å². The van der Waals surface area contributed by atoms with Crippen LogP contribution in [0.1, 0.15) is 17.9 Å². The van der Waals surface area contributed by atoms with Gasteiger partial charge in [0.05, 0.1) is 12.3 Å². The zero-order chi connectivity index (χ0) is 15.7. The molecule has 0 aromatic heterocycles. The van der Waals surface area contributed by atoms with Crippen LogP contribution in [0.4, 0.5) is 10.5 Å². The predicted molar refractivity (Wildman–Crippen MR) is 83.4 cm³/mol. The van der Waals surface area contributed by atoms with Gasteiger partial charge < -0.3 is 10.5 Å². The number of carbonyl (C=O) groups excluding carboxylic acids is 1. The van der Waals surface area contributed by atoms with Crippen molar-refractivity contribution in [2.45, 2.75) is 18.4 Å². The van der Waals surface area contributed by atoms with Crippen LogP contribution >= 0.6 is 0 Å². The van der Waals surface area contributed by atoms with E-state index in [0.29, 0.717) is 19.5 Å². The van der Waals surface area contributed by atoms with Crippen LogP contribution in [0, 0.1) is 0 Å². The average Bonchev–Trinajstić information content (AvgIpc) is 2.89. The van der Waals surface area contributed by atoms with Gasteiger partial charge in [-0.1, -0.05) is 18.2 Å². The second kappa shape index (κ2) is 5.73. The Morgan fingerprint density at radius 1 is 1.27 bits per heavy atom. The highest BCUT2D eigenvalue weighted by atomic mass is 32.2. The molecule has 1 aromatic rings. The number of anilines is 1. The van der Waals surface area contributed by atoms with E-state index in [9.17, 15) is 13.2 Å². The fraction of sp³-hybridized carbons (Fsp3) is 0.400. The Hall–Kier alpha value is -1.86. The molecule has 2 aliphatic rings. The Labute approximate surface area is 129 Å². The van der Waals surface area contributed by atoms with E-state index in [4.69, 9.17) is 10.5 Å². The molecule has 22 heavy (non-hydrogen) atoms. The Bertz CT molecular complexity index is 697. The second-order valence-electron chi connectivity index (χ2n) is 5.53. The lowest BCUT2D eigenvalue weighted by Crippen LogP contribution is -2.27. The van der Waals surface area contributed by atoms with Gasteiger partial charge in [-0.2, -0.15) is 0 Å². The van der Waals surface area contributed by atoms with Gasteiger partial charge in [0.15, 0.2) is 9.84 Å². The van der Waals surface area contributed by atoms with Crippen molar-refractivity contribution in [1.82, 2.24) is 0 Å². The lowest BCUT2D eigenvalue weighted by atomic mass is 9.96. The molecule has 0 bridgehead atoms. The average molecular weight is 322 g/mol. The monoisotopic (exact) mass is 322 g/mol. The van der Waals surface area contributed by atoms with E-state index in [1.165, 1.54) is 5.41 Å². The van der Waals surface area contributed by atoms with Crippen molar-refractivity contribution in [3.63, 3.8) is 0 Å². The first-order valence-electron chi connectivity index (χ1n) is 7.17. The number of nitrogens with zero attached hydrogens (tertiary/aromatic N) is 1. The Morgan fingerprint density at radius 2 is 2.00 bits per heavy atom. The van der Waals surface area contributed by atoms with E-state index in [2.05, 4.69) is 0 Å². The molecule has 1 saturated heterocycles. The first kappa shape index (κ1) is 15.1. The van der Waals surface area contributed by atoms with E-state index in [0.717, 1.165) is 11.3 Å². The van der Waals surface area contributed by atoms with Crippen molar-refractivity contribution in [2.75, 3.05) is 23.7 Å². The molecule has 118 valence electrons. The van der Waals surface area contributed by atoms with E-state index < -0.39 is 9.84 Å². The zero-order valence-electron chi connectivity index (χ0n) is 12.0. The molecular formula is C15H18N2O4S. The van der Waals surface area contributed by atoms with Crippen LogP contribution in [0.15, 0.2) is 35.7 Å². The minimum Gasteiger partial charge on any atom is -0.443 e. The van der Waals surface area contributed by atoms with Crippen molar-refractivity contribution in [3.8, 4) is 0 Å². The Balaban J connectivity index is 1.75. The predicted octanol–water partition coefficient (Wildman–Crippen LogP) is 1.39. The summed E-state index contributed by atoms with van der Waals surface area (Å²) in [5.74, 6) is 0.270. The molecule has 1 fully saturated rings. The summed E-state index contributed by atoms with van der Waals surface area (Å²) >= 11 is 0. The smallest absolute Gasteiger partial charge is 0.414 e. The number of cyclic esters (lactones) is 1. The summed E-state index contributed by atoms with van der Waals surface area (Å²) in [7, 11) is -3.02. The highest BCUT2D eigenvalue weighted by molar-refractivity contribution is 7.94. The quantitative estimate of drug-likeness (QED) is 0.908. The molecule has 2 aliphatic heterocycles. The maximum Gasteiger partial charge on any atom is 0.414 e. The Kier molecular flexibility index (Phi) is 3.92. The molecule has 2 N–H and O–H groups in total. The minimum atomic E-state index is -3.02. The van der Waals surface area contributed by atoms with Crippen LogP contribution < -0.4 is 10.6 Å². The standard InChI is InChI=1S/C15H18N2O4S/c16-9-14-10-17(15(18)21-14)13-3-1-11(2-4-13)12-5-7-22(19,20)8-6-12/h1-5,7,12,14H,6,8-10,16H2. The number of sulfone groups is 1. The summed E-state index contributed by atoms with van der Waals surface area (Å²) < 4.78 is 27.9. The lowest BCUT2D eigenvalue weighted by Gasteiger charge is -2.18. The van der Waals surface area contributed by atoms with Crippen molar-refractivity contribution in [2.24, 2.45) is 5.73 Å². The van der Waals surface area contributed by atoms with E-state index >= 15 is 0 Å². The molecule has 2 atom stereocenters. The molecule has 7 heteroatoms. The van der Waals surface area contributed by atoms with Crippen LogP contribution in [0.2, 0.25) is 0 Å². The maximum absolute atomic E-state index is 11.8. The van der Waals surface area contributed by atoms with Crippen molar-refractivity contribution >= 4 is 21.6 Å². The minimum absolute atomic E-state index is 0.0971. The maximum atomic E-state index is 11.8. The molecule has 0 saturated carbocycles. The molecule has 2 unspecified atom stereocenters. The number of benzene rings is 1. The molecule has 1 amide bonds. The lowest BCUT2D eigenvalue weighted by molar-refractivity contribution is 0.145. The summed E-state index contributed by atoms with van der Waals surface area (Å²) in [6.07, 6.45) is 1.66. The van der Waals surface area contributed by atoms with E-state index in [1.54, 1.807) is 11.0 Å². The molecule has 0 aliphatic carbocycles. The van der Waals surface area contributed by atoms with E-state index in [-0.39, 0.29) is 23.9 Å². The number of amides is 1. The first-order chi connectivity index (χ1) is 10.5. The summed E-state index contributed by atoms with van der Waals surface area (Å²) in [6, 6.07) is 7.55. The molecule has 6 nitrogen and oxygen atoms in total. The van der Waals surface area contributed by atoms with Gasteiger partial charge in [0, 0.05) is 23.6 Å². The largest absolute Gasteiger partial charge is 0.443 e. The number of allylic oxidation sites excluding steroid dienone is 1. The normalized spacial score (nSPS) is 27.0. The molecule has 1 aromatic carbocycles. The van der Waals surface area contributed by atoms with Crippen LogP contribution in [-0.2, 0) is 14.6 Å². The van der Waals surface area contributed by atoms with Crippen LogP contribution in [0.25, 0.3) is 0 Å². The topological polar surface area (TPSA) is 89.7 Å². The summed E-state index contributed by atoms with van der Waals surface area (Å²) in [6.45, 7) is 0.762. The Morgan fingerprint density at radius 3 is 2.55 bits per heavy atom. The molecule has 2 heterocycles. The molecular weight excluding hydrogens is 304 g/mol. The summed E-state index contributed by atoms with van der Waals surface area (Å²) in [4.78, 5) is 13.3. The highest BCUT2D eigenvalue weighted by Crippen LogP contribution is 2.29.